The maximum atomic E-state index is 5.40. The lowest BCUT2D eigenvalue weighted by Crippen LogP contribution is -2.10. The number of hydrogen-bond donors (Lipinski definition) is 0. The first kappa shape index (κ1) is 14.9. The second-order valence-corrected chi connectivity index (χ2v) is 4.85. The molecule has 1 atom stereocenters. The van der Waals surface area contributed by atoms with Crippen LogP contribution in [0.3, 0.4) is 0 Å². The monoisotopic (exact) mass is 230 g/mol. The minimum absolute atomic E-state index is 0.680. The molecule has 0 rings (SSSR count). The highest BCUT2D eigenvalue weighted by Crippen LogP contribution is 2.15. The number of hydrogen-bond acceptors (Lipinski definition) is 2. The van der Waals surface area contributed by atoms with Crippen LogP contribution in [-0.4, -0.2) is 11.7 Å². The van der Waals surface area contributed by atoms with E-state index in [1.807, 2.05) is 6.92 Å². The normalized spacial score (nSPS) is 12.5. The zero-order valence-electron chi connectivity index (χ0n) is 10.6. The molecule has 0 aromatic carbocycles. The minimum atomic E-state index is 0.680. The molecule has 1 nitrogen and oxygen atoms in total. The molecule has 2 heteroatoms. The summed E-state index contributed by atoms with van der Waals surface area (Å²) in [6, 6.07) is 0. The summed E-state index contributed by atoms with van der Waals surface area (Å²) in [4.78, 5) is 0. The van der Waals surface area contributed by atoms with E-state index in [0.29, 0.717) is 11.0 Å². The molecule has 0 aliphatic rings. The second kappa shape index (κ2) is 10.4. The van der Waals surface area contributed by atoms with Crippen molar-refractivity contribution in [2.45, 2.75) is 65.7 Å². The van der Waals surface area contributed by atoms with Gasteiger partial charge in [0.15, 0.2) is 5.05 Å². The topological polar surface area (TPSA) is 9.23 Å². The third-order valence-electron chi connectivity index (χ3n) is 2.82. The van der Waals surface area contributed by atoms with Gasteiger partial charge in [-0.25, -0.2) is 0 Å². The number of rotatable bonds is 9. The Morgan fingerprint density at radius 1 is 1.13 bits per heavy atom. The number of ether oxygens (including phenoxy) is 1. The molecule has 0 aliphatic carbocycles. The molecule has 0 N–H and O–H groups in total. The van der Waals surface area contributed by atoms with Gasteiger partial charge in [-0.1, -0.05) is 52.4 Å². The van der Waals surface area contributed by atoms with Crippen LogP contribution in [0.5, 0.6) is 0 Å². The Morgan fingerprint density at radius 2 is 1.80 bits per heavy atom. The van der Waals surface area contributed by atoms with Crippen LogP contribution in [0.4, 0.5) is 0 Å². The van der Waals surface area contributed by atoms with E-state index < -0.39 is 0 Å². The summed E-state index contributed by atoms with van der Waals surface area (Å²) in [6.45, 7) is 7.16. The largest absolute Gasteiger partial charge is 0.487 e. The van der Waals surface area contributed by atoms with E-state index in [2.05, 4.69) is 13.8 Å². The Labute approximate surface area is 101 Å². The summed E-state index contributed by atoms with van der Waals surface area (Å²) in [6.07, 6.45) is 9.31. The zero-order valence-corrected chi connectivity index (χ0v) is 11.4. The van der Waals surface area contributed by atoms with Crippen molar-refractivity contribution < 1.29 is 4.74 Å². The highest BCUT2D eigenvalue weighted by molar-refractivity contribution is 7.80. The van der Waals surface area contributed by atoms with Crippen LogP contribution in [-0.2, 0) is 4.74 Å². The molecule has 0 bridgehead atoms. The van der Waals surface area contributed by atoms with Gasteiger partial charge in [0, 0.05) is 6.92 Å². The van der Waals surface area contributed by atoms with Crippen molar-refractivity contribution in [3.63, 3.8) is 0 Å². The second-order valence-electron chi connectivity index (χ2n) is 4.28. The average Bonchev–Trinajstić information content (AvgIpc) is 2.22. The Hall–Kier alpha value is -0.110. The summed E-state index contributed by atoms with van der Waals surface area (Å²) in [5.41, 5.74) is 0. The van der Waals surface area contributed by atoms with Crippen LogP contribution in [0.1, 0.15) is 65.7 Å². The predicted octanol–water partition coefficient (Wildman–Crippen LogP) is 4.74. The Kier molecular flexibility index (Phi) is 10.3. The third-order valence-corrected chi connectivity index (χ3v) is 2.93. The van der Waals surface area contributed by atoms with Crippen molar-refractivity contribution in [1.82, 2.24) is 0 Å². The van der Waals surface area contributed by atoms with E-state index in [-0.39, 0.29) is 0 Å². The fourth-order valence-electron chi connectivity index (χ4n) is 1.68. The van der Waals surface area contributed by atoms with Gasteiger partial charge in [0.1, 0.15) is 0 Å². The van der Waals surface area contributed by atoms with E-state index in [4.69, 9.17) is 17.0 Å². The predicted molar refractivity (Wildman–Crippen MR) is 71.4 cm³/mol. The van der Waals surface area contributed by atoms with Gasteiger partial charge >= 0.3 is 0 Å². The molecule has 0 saturated carbocycles. The summed E-state index contributed by atoms with van der Waals surface area (Å²) < 4.78 is 5.40. The van der Waals surface area contributed by atoms with E-state index in [1.165, 1.54) is 44.9 Å². The number of thiocarbonyl (C=S) groups is 1. The Morgan fingerprint density at radius 3 is 2.33 bits per heavy atom. The first-order valence-electron chi connectivity index (χ1n) is 6.34. The van der Waals surface area contributed by atoms with E-state index in [0.717, 1.165) is 6.61 Å². The molecule has 0 radical (unpaired) electrons. The molecule has 90 valence electrons. The minimum Gasteiger partial charge on any atom is -0.487 e. The third kappa shape index (κ3) is 10.2. The highest BCUT2D eigenvalue weighted by atomic mass is 32.1. The van der Waals surface area contributed by atoms with Gasteiger partial charge in [-0.05, 0) is 24.6 Å². The van der Waals surface area contributed by atoms with Crippen LogP contribution in [0.2, 0.25) is 0 Å². The molecule has 0 saturated heterocycles. The van der Waals surface area contributed by atoms with Gasteiger partial charge in [-0.15, -0.1) is 0 Å². The quantitative estimate of drug-likeness (QED) is 0.418. The summed E-state index contributed by atoms with van der Waals surface area (Å²) in [5.74, 6) is 0.699. The molecule has 0 fully saturated rings. The molecule has 15 heavy (non-hydrogen) atoms. The van der Waals surface area contributed by atoms with Crippen molar-refractivity contribution in [3.05, 3.63) is 0 Å². The molecule has 0 aromatic rings. The first-order chi connectivity index (χ1) is 7.20. The number of unbranched alkanes of at least 4 members (excludes halogenated alkanes) is 4. The van der Waals surface area contributed by atoms with Crippen molar-refractivity contribution in [3.8, 4) is 0 Å². The average molecular weight is 230 g/mol. The SMILES string of the molecule is CCCCCCCC(CC)COC(C)=S. The summed E-state index contributed by atoms with van der Waals surface area (Å²) >= 11 is 4.91. The van der Waals surface area contributed by atoms with Crippen molar-refractivity contribution in [1.29, 1.82) is 0 Å². The molecule has 0 heterocycles. The maximum absolute atomic E-state index is 5.40. The highest BCUT2D eigenvalue weighted by Gasteiger charge is 2.06. The lowest BCUT2D eigenvalue weighted by atomic mass is 9.99. The summed E-state index contributed by atoms with van der Waals surface area (Å²) in [5, 5.41) is 0.680. The zero-order chi connectivity index (χ0) is 11.5. The lowest BCUT2D eigenvalue weighted by Gasteiger charge is -2.14. The molecule has 0 spiro atoms. The Balaban J connectivity index is 3.40. The van der Waals surface area contributed by atoms with Gasteiger partial charge in [0.2, 0.25) is 0 Å². The smallest absolute Gasteiger partial charge is 0.156 e. The van der Waals surface area contributed by atoms with Crippen molar-refractivity contribution in [2.75, 3.05) is 6.61 Å². The van der Waals surface area contributed by atoms with Crippen LogP contribution >= 0.6 is 12.2 Å². The first-order valence-corrected chi connectivity index (χ1v) is 6.74. The van der Waals surface area contributed by atoms with Crippen LogP contribution in [0.25, 0.3) is 0 Å². The van der Waals surface area contributed by atoms with E-state index in [1.54, 1.807) is 0 Å². The van der Waals surface area contributed by atoms with Gasteiger partial charge in [0.05, 0.1) is 6.61 Å². The lowest BCUT2D eigenvalue weighted by molar-refractivity contribution is 0.225. The van der Waals surface area contributed by atoms with E-state index >= 15 is 0 Å². The Bertz CT molecular complexity index is 157. The van der Waals surface area contributed by atoms with Gasteiger partial charge in [0.25, 0.3) is 0 Å². The summed E-state index contributed by atoms with van der Waals surface area (Å²) in [7, 11) is 0. The standard InChI is InChI=1S/C13H26OS/c1-4-6-7-8-9-10-13(5-2)11-14-12(3)15/h13H,4-11H2,1-3H3. The molecular weight excluding hydrogens is 204 g/mol. The van der Waals surface area contributed by atoms with Gasteiger partial charge < -0.3 is 4.74 Å². The van der Waals surface area contributed by atoms with Crippen LogP contribution in [0, 0.1) is 5.92 Å². The van der Waals surface area contributed by atoms with Gasteiger partial charge in [-0.3, -0.25) is 0 Å². The van der Waals surface area contributed by atoms with Crippen LogP contribution in [0.15, 0.2) is 0 Å². The molecule has 0 aliphatic heterocycles. The molecule has 0 aromatic heterocycles. The molecular formula is C13H26OS. The maximum Gasteiger partial charge on any atom is 0.156 e. The molecule has 1 unspecified atom stereocenters. The van der Waals surface area contributed by atoms with Crippen LogP contribution < -0.4 is 0 Å². The molecule has 0 amide bonds. The van der Waals surface area contributed by atoms with E-state index in [9.17, 15) is 0 Å². The van der Waals surface area contributed by atoms with Crippen molar-refractivity contribution in [2.24, 2.45) is 5.92 Å². The fourth-order valence-corrected chi connectivity index (χ4v) is 1.75. The fraction of sp³-hybridized carbons (Fsp3) is 0.923. The van der Waals surface area contributed by atoms with Crippen molar-refractivity contribution >= 4 is 17.3 Å². The van der Waals surface area contributed by atoms with Gasteiger partial charge in [-0.2, -0.15) is 0 Å².